The quantitative estimate of drug-likeness (QED) is 0.720. The van der Waals surface area contributed by atoms with Crippen molar-refractivity contribution >= 4 is 5.78 Å². The first kappa shape index (κ1) is 11.8. The second-order valence-corrected chi connectivity index (χ2v) is 3.11. The Morgan fingerprint density at radius 1 is 1.40 bits per heavy atom. The number of Topliss-reactive ketones (excluding diaryl/α,β-unsaturated/α-hetero) is 1. The summed E-state index contributed by atoms with van der Waals surface area (Å²) in [5, 5.41) is 0. The summed E-state index contributed by atoms with van der Waals surface area (Å²) in [5.74, 6) is -2.32. The van der Waals surface area contributed by atoms with Gasteiger partial charge in [0.1, 0.15) is 18.2 Å². The van der Waals surface area contributed by atoms with Crippen molar-refractivity contribution in [3.8, 4) is 0 Å². The summed E-state index contributed by atoms with van der Waals surface area (Å²) in [5.41, 5.74) is -0.264. The third-order valence-corrected chi connectivity index (χ3v) is 2.00. The van der Waals surface area contributed by atoms with Gasteiger partial charge in [-0.25, -0.2) is 8.78 Å². The van der Waals surface area contributed by atoms with Gasteiger partial charge in [-0.1, -0.05) is 6.07 Å². The van der Waals surface area contributed by atoms with E-state index in [1.807, 2.05) is 0 Å². The number of ether oxygens (including phenoxy) is 1. The molecule has 1 rings (SSSR count). The molecule has 2 nitrogen and oxygen atoms in total. The van der Waals surface area contributed by atoms with Crippen LogP contribution >= 0.6 is 0 Å². The van der Waals surface area contributed by atoms with Crippen LogP contribution in [0.15, 0.2) is 12.1 Å². The Morgan fingerprint density at radius 2 is 2.07 bits per heavy atom. The predicted molar refractivity (Wildman–Crippen MR) is 51.9 cm³/mol. The molecule has 0 radical (unpaired) electrons. The minimum absolute atomic E-state index is 0.247. The maximum atomic E-state index is 13.4. The molecular formula is C11H12F2O2. The minimum atomic E-state index is -0.845. The lowest BCUT2D eigenvalue weighted by molar-refractivity contribution is 0.0774. The van der Waals surface area contributed by atoms with Crippen molar-refractivity contribution in [3.05, 3.63) is 34.9 Å². The second-order valence-electron chi connectivity index (χ2n) is 3.11. The van der Waals surface area contributed by atoms with Crippen LogP contribution in [0.3, 0.4) is 0 Å². The summed E-state index contributed by atoms with van der Waals surface area (Å²) in [6.45, 7) is 3.22. The first-order valence-electron chi connectivity index (χ1n) is 4.63. The summed E-state index contributed by atoms with van der Waals surface area (Å²) in [4.78, 5) is 11.4. The molecule has 0 amide bonds. The Balaban J connectivity index is 3.02. The van der Waals surface area contributed by atoms with E-state index in [0.717, 1.165) is 6.07 Å². The van der Waals surface area contributed by atoms with Crippen LogP contribution in [0, 0.1) is 18.6 Å². The molecule has 0 saturated heterocycles. The molecule has 0 spiro atoms. The van der Waals surface area contributed by atoms with Gasteiger partial charge in [0.2, 0.25) is 0 Å². The van der Waals surface area contributed by atoms with Gasteiger partial charge in [0, 0.05) is 6.61 Å². The number of halogens is 2. The molecular weight excluding hydrogens is 202 g/mol. The number of ketones is 1. The maximum absolute atomic E-state index is 13.4. The number of hydrogen-bond acceptors (Lipinski definition) is 2. The van der Waals surface area contributed by atoms with Crippen LogP contribution in [-0.4, -0.2) is 19.0 Å². The lowest BCUT2D eigenvalue weighted by atomic mass is 10.1. The van der Waals surface area contributed by atoms with Crippen molar-refractivity contribution in [2.24, 2.45) is 0 Å². The standard InChI is InChI=1S/C11H12F2O2/c1-3-15-6-9(14)10-8(12)5-4-7(2)11(10)13/h4-5H,3,6H2,1-2H3. The molecule has 15 heavy (non-hydrogen) atoms. The molecule has 0 bridgehead atoms. The largest absolute Gasteiger partial charge is 0.374 e. The van der Waals surface area contributed by atoms with Gasteiger partial charge >= 0.3 is 0 Å². The minimum Gasteiger partial charge on any atom is -0.374 e. The van der Waals surface area contributed by atoms with E-state index in [9.17, 15) is 13.6 Å². The van der Waals surface area contributed by atoms with E-state index in [1.165, 1.54) is 13.0 Å². The molecule has 0 aliphatic heterocycles. The highest BCUT2D eigenvalue weighted by Gasteiger charge is 2.18. The number of carbonyl (C=O) groups is 1. The fourth-order valence-electron chi connectivity index (χ4n) is 1.18. The summed E-state index contributed by atoms with van der Waals surface area (Å²) < 4.78 is 31.4. The van der Waals surface area contributed by atoms with Gasteiger partial charge in [-0.15, -0.1) is 0 Å². The monoisotopic (exact) mass is 214 g/mol. The topological polar surface area (TPSA) is 26.3 Å². The van der Waals surface area contributed by atoms with E-state index in [1.54, 1.807) is 6.92 Å². The summed E-state index contributed by atoms with van der Waals surface area (Å²) in [7, 11) is 0. The van der Waals surface area contributed by atoms with Crippen molar-refractivity contribution in [1.29, 1.82) is 0 Å². The molecule has 1 aromatic carbocycles. The molecule has 4 heteroatoms. The highest BCUT2D eigenvalue weighted by atomic mass is 19.1. The number of hydrogen-bond donors (Lipinski definition) is 0. The van der Waals surface area contributed by atoms with Crippen molar-refractivity contribution in [1.82, 2.24) is 0 Å². The lowest BCUT2D eigenvalue weighted by Crippen LogP contribution is -2.13. The van der Waals surface area contributed by atoms with E-state index in [-0.39, 0.29) is 12.2 Å². The van der Waals surface area contributed by atoms with Gasteiger partial charge < -0.3 is 4.74 Å². The molecule has 0 unspecified atom stereocenters. The van der Waals surface area contributed by atoms with Crippen molar-refractivity contribution in [2.45, 2.75) is 13.8 Å². The fraction of sp³-hybridized carbons (Fsp3) is 0.364. The van der Waals surface area contributed by atoms with Crippen molar-refractivity contribution < 1.29 is 18.3 Å². The van der Waals surface area contributed by atoms with Crippen LogP contribution in [0.25, 0.3) is 0 Å². The van der Waals surface area contributed by atoms with E-state index >= 15 is 0 Å². The van der Waals surface area contributed by atoms with Crippen LogP contribution < -0.4 is 0 Å². The van der Waals surface area contributed by atoms with Crippen LogP contribution in [0.5, 0.6) is 0 Å². The molecule has 0 atom stereocenters. The van der Waals surface area contributed by atoms with Crippen LogP contribution in [0.1, 0.15) is 22.8 Å². The highest BCUT2D eigenvalue weighted by Crippen LogP contribution is 2.16. The van der Waals surface area contributed by atoms with Crippen molar-refractivity contribution in [3.63, 3.8) is 0 Å². The molecule has 0 N–H and O–H groups in total. The molecule has 0 aromatic heterocycles. The molecule has 0 aliphatic rings. The average Bonchev–Trinajstić information content (AvgIpc) is 2.21. The van der Waals surface area contributed by atoms with E-state index in [2.05, 4.69) is 0 Å². The van der Waals surface area contributed by atoms with Gasteiger partial charge in [0.05, 0.1) is 5.56 Å². The van der Waals surface area contributed by atoms with E-state index in [0.29, 0.717) is 6.61 Å². The number of carbonyl (C=O) groups excluding carboxylic acids is 1. The van der Waals surface area contributed by atoms with Gasteiger partial charge in [-0.05, 0) is 25.5 Å². The Labute approximate surface area is 86.9 Å². The summed E-state index contributed by atoms with van der Waals surface area (Å²) >= 11 is 0. The molecule has 0 saturated carbocycles. The van der Waals surface area contributed by atoms with Crippen LogP contribution in [0.4, 0.5) is 8.78 Å². The first-order chi connectivity index (χ1) is 7.07. The third-order valence-electron chi connectivity index (χ3n) is 2.00. The summed E-state index contributed by atoms with van der Waals surface area (Å²) in [6, 6.07) is 2.37. The fourth-order valence-corrected chi connectivity index (χ4v) is 1.18. The number of aryl methyl sites for hydroxylation is 1. The number of rotatable bonds is 4. The van der Waals surface area contributed by atoms with E-state index in [4.69, 9.17) is 4.74 Å². The van der Waals surface area contributed by atoms with Crippen molar-refractivity contribution in [2.75, 3.05) is 13.2 Å². The maximum Gasteiger partial charge on any atom is 0.194 e. The number of benzene rings is 1. The zero-order valence-corrected chi connectivity index (χ0v) is 8.64. The Kier molecular flexibility index (Phi) is 3.91. The van der Waals surface area contributed by atoms with Gasteiger partial charge in [-0.2, -0.15) is 0 Å². The third kappa shape index (κ3) is 2.59. The summed E-state index contributed by atoms with van der Waals surface area (Å²) in [6.07, 6.45) is 0. The molecule has 0 aliphatic carbocycles. The average molecular weight is 214 g/mol. The SMILES string of the molecule is CCOCC(=O)c1c(F)ccc(C)c1F. The van der Waals surface area contributed by atoms with Gasteiger partial charge in [0.15, 0.2) is 5.78 Å². The molecule has 0 heterocycles. The predicted octanol–water partition coefficient (Wildman–Crippen LogP) is 2.49. The van der Waals surface area contributed by atoms with Gasteiger partial charge in [-0.3, -0.25) is 4.79 Å². The van der Waals surface area contributed by atoms with E-state index < -0.39 is 23.0 Å². The van der Waals surface area contributed by atoms with Crippen LogP contribution in [0.2, 0.25) is 0 Å². The normalized spacial score (nSPS) is 10.4. The Hall–Kier alpha value is -1.29. The molecule has 82 valence electrons. The second kappa shape index (κ2) is 4.98. The Morgan fingerprint density at radius 3 is 2.67 bits per heavy atom. The zero-order chi connectivity index (χ0) is 11.4. The zero-order valence-electron chi connectivity index (χ0n) is 8.64. The lowest BCUT2D eigenvalue weighted by Gasteiger charge is -2.06. The smallest absolute Gasteiger partial charge is 0.194 e. The first-order valence-corrected chi connectivity index (χ1v) is 4.63. The Bertz CT molecular complexity index is 375. The molecule has 0 fully saturated rings. The highest BCUT2D eigenvalue weighted by molar-refractivity contribution is 5.97. The van der Waals surface area contributed by atoms with Gasteiger partial charge in [0.25, 0.3) is 0 Å². The molecule has 1 aromatic rings. The van der Waals surface area contributed by atoms with Crippen LogP contribution in [-0.2, 0) is 4.74 Å².